The van der Waals surface area contributed by atoms with E-state index < -0.39 is 0 Å². The maximum Gasteiger partial charge on any atom is 0.115 e. The third-order valence-electron chi connectivity index (χ3n) is 12.3. The SMILES string of the molecule is [B]c1c([B])c([B])c2c(c1[B])c1c([B])c(-c3c([B])c([B])c4c(c3[B])c3c([B])c([B])c([B])c([B])c3n4-c3ccc(-c4ccc(C(C)(C)C)cc4)cc3)c([B])c([B])c1n2-c1ccccc1. The highest BCUT2D eigenvalue weighted by Gasteiger charge is 2.28. The molecule has 62 heavy (non-hydrogen) atoms. The van der Waals surface area contributed by atoms with Gasteiger partial charge in [0.05, 0.1) is 0 Å². The van der Waals surface area contributed by atoms with Crippen molar-refractivity contribution in [3.05, 3.63) is 84.4 Å². The third kappa shape index (κ3) is 5.90. The van der Waals surface area contributed by atoms with E-state index in [0.29, 0.717) is 55.0 Å². The van der Waals surface area contributed by atoms with Crippen molar-refractivity contribution in [3.63, 3.8) is 0 Å². The van der Waals surface area contributed by atoms with Gasteiger partial charge >= 0.3 is 0 Å². The number of hydrogen-bond acceptors (Lipinski definition) is 0. The maximum atomic E-state index is 7.31. The summed E-state index contributed by atoms with van der Waals surface area (Å²) >= 11 is 0. The molecule has 0 saturated carbocycles. The molecule has 2 nitrogen and oxygen atoms in total. The Hall–Kier alpha value is -4.95. The van der Waals surface area contributed by atoms with E-state index in [1.807, 2.05) is 59.2 Å². The van der Waals surface area contributed by atoms with Crippen molar-refractivity contribution >= 4 is 230 Å². The molecule has 2 heterocycles. The standard InChI is InChI=1S/C46H22B14N2/c1-46(2,3)19-13-9-17(10-14-19)18-11-15-21(16-12-18)62-43-25(27-33(52)35(54)37(56)41(60)45(27)62)29(48)23(31(50)39(43)58)22-28(47)24-26-32(51)34(53)36(55)40(59)44(26)61(20-7-5-4-6-8-20)42(24)38(57)30(22)49/h4-16H,1-3H3. The van der Waals surface area contributed by atoms with E-state index in [9.17, 15) is 0 Å². The van der Waals surface area contributed by atoms with Crippen molar-refractivity contribution in [2.24, 2.45) is 0 Å². The fourth-order valence-electron chi connectivity index (χ4n) is 8.98. The van der Waals surface area contributed by atoms with Gasteiger partial charge in [-0.1, -0.05) is 130 Å². The van der Waals surface area contributed by atoms with Crippen LogP contribution in [0.25, 0.3) is 77.2 Å². The summed E-state index contributed by atoms with van der Waals surface area (Å²) in [5.41, 5.74) is 8.14. The summed E-state index contributed by atoms with van der Waals surface area (Å²) in [6, 6.07) is 25.7. The van der Waals surface area contributed by atoms with Crippen molar-refractivity contribution in [3.8, 4) is 33.6 Å². The molecule has 0 N–H and O–H groups in total. The van der Waals surface area contributed by atoms with Crippen LogP contribution in [0.4, 0.5) is 0 Å². The van der Waals surface area contributed by atoms with Gasteiger partial charge in [-0.3, -0.25) is 0 Å². The Bertz CT molecular complexity index is 3400. The number of para-hydroxylation sites is 1. The van der Waals surface area contributed by atoms with Gasteiger partial charge in [0.2, 0.25) is 0 Å². The van der Waals surface area contributed by atoms with Gasteiger partial charge in [-0.15, -0.1) is 21.9 Å². The molecule has 0 atom stereocenters. The Morgan fingerprint density at radius 2 is 0.613 bits per heavy atom. The Kier molecular flexibility index (Phi) is 10.1. The lowest BCUT2D eigenvalue weighted by atomic mass is 9.61. The molecular weight excluding hydrogens is 732 g/mol. The van der Waals surface area contributed by atoms with Crippen LogP contribution < -0.4 is 76.5 Å². The summed E-state index contributed by atoms with van der Waals surface area (Å²) in [7, 11) is 96.0. The second-order valence-electron chi connectivity index (χ2n) is 16.8. The molecule has 0 aliphatic rings. The van der Waals surface area contributed by atoms with Crippen LogP contribution in [0.3, 0.4) is 0 Å². The van der Waals surface area contributed by atoms with E-state index in [1.165, 1.54) is 5.56 Å². The molecule has 2 aromatic heterocycles. The molecule has 9 aromatic rings. The Labute approximate surface area is 381 Å². The largest absolute Gasteiger partial charge is 0.311 e. The molecular formula is C46H22B14N2. The van der Waals surface area contributed by atoms with E-state index in [2.05, 4.69) is 45.0 Å². The van der Waals surface area contributed by atoms with Crippen LogP contribution in [0.5, 0.6) is 0 Å². The summed E-state index contributed by atoms with van der Waals surface area (Å²) < 4.78 is 3.64. The highest BCUT2D eigenvalue weighted by Crippen LogP contribution is 2.33. The quantitative estimate of drug-likeness (QED) is 0.161. The van der Waals surface area contributed by atoms with Crippen LogP contribution >= 0.6 is 0 Å². The molecule has 7 aromatic carbocycles. The lowest BCUT2D eigenvalue weighted by molar-refractivity contribution is 0.590. The van der Waals surface area contributed by atoms with Crippen molar-refractivity contribution < 1.29 is 0 Å². The van der Waals surface area contributed by atoms with Crippen molar-refractivity contribution in [2.75, 3.05) is 0 Å². The van der Waals surface area contributed by atoms with Crippen LogP contribution in [0.1, 0.15) is 26.3 Å². The Balaban J connectivity index is 1.38. The van der Waals surface area contributed by atoms with E-state index in [0.717, 1.165) is 11.1 Å². The normalized spacial score (nSPS) is 12.0. The number of benzene rings is 7. The van der Waals surface area contributed by atoms with Crippen LogP contribution in [-0.4, -0.2) is 119 Å². The summed E-state index contributed by atoms with van der Waals surface area (Å²) in [5, 5.41) is 1.55. The third-order valence-corrected chi connectivity index (χ3v) is 12.3. The predicted molar refractivity (Wildman–Crippen MR) is 280 cm³/mol. The highest BCUT2D eigenvalue weighted by molar-refractivity contribution is 6.72. The fraction of sp³-hybridized carbons (Fsp3) is 0.0870. The van der Waals surface area contributed by atoms with Gasteiger partial charge in [-0.25, -0.2) is 0 Å². The molecule has 16 heteroatoms. The van der Waals surface area contributed by atoms with Gasteiger partial charge in [0.15, 0.2) is 0 Å². The van der Waals surface area contributed by atoms with Crippen LogP contribution in [0.2, 0.25) is 0 Å². The lowest BCUT2D eigenvalue weighted by Gasteiger charge is -2.25. The minimum absolute atomic E-state index is 0.0150. The number of hydrogen-bond donors (Lipinski definition) is 0. The molecule has 0 spiro atoms. The van der Waals surface area contributed by atoms with Crippen molar-refractivity contribution in [1.82, 2.24) is 9.13 Å². The zero-order valence-electron chi connectivity index (χ0n) is 34.5. The van der Waals surface area contributed by atoms with Gasteiger partial charge in [0.1, 0.15) is 110 Å². The molecule has 258 valence electrons. The summed E-state index contributed by atoms with van der Waals surface area (Å²) in [5.74, 6) is 0. The first-order chi connectivity index (χ1) is 29.3. The van der Waals surface area contributed by atoms with Gasteiger partial charge in [-0.05, 0) is 68.3 Å². The first-order valence-corrected chi connectivity index (χ1v) is 19.7. The zero-order chi connectivity index (χ0) is 44.6. The zero-order valence-corrected chi connectivity index (χ0v) is 34.5. The average Bonchev–Trinajstić information content (AvgIpc) is 3.82. The van der Waals surface area contributed by atoms with Crippen molar-refractivity contribution in [1.29, 1.82) is 0 Å². The molecule has 0 unspecified atom stereocenters. The topological polar surface area (TPSA) is 9.86 Å². The minimum atomic E-state index is 0.0150. The lowest BCUT2D eigenvalue weighted by Crippen LogP contribution is -2.48. The van der Waals surface area contributed by atoms with E-state index in [-0.39, 0.29) is 93.0 Å². The van der Waals surface area contributed by atoms with Gasteiger partial charge in [0, 0.05) is 44.2 Å². The predicted octanol–water partition coefficient (Wildman–Crippen LogP) is -4.37. The van der Waals surface area contributed by atoms with E-state index in [1.54, 1.807) is 4.57 Å². The molecule has 0 saturated heterocycles. The van der Waals surface area contributed by atoms with Gasteiger partial charge in [-0.2, -0.15) is 0 Å². The minimum Gasteiger partial charge on any atom is -0.311 e. The van der Waals surface area contributed by atoms with Crippen LogP contribution in [-0.2, 0) is 5.41 Å². The smallest absolute Gasteiger partial charge is 0.115 e. The molecule has 0 aliphatic heterocycles. The number of fused-ring (bicyclic) bond motifs is 6. The van der Waals surface area contributed by atoms with Gasteiger partial charge < -0.3 is 9.13 Å². The van der Waals surface area contributed by atoms with E-state index in [4.69, 9.17) is 110 Å². The van der Waals surface area contributed by atoms with Crippen molar-refractivity contribution in [2.45, 2.75) is 26.2 Å². The van der Waals surface area contributed by atoms with E-state index >= 15 is 0 Å². The Morgan fingerprint density at radius 3 is 0.984 bits per heavy atom. The average molecular weight is 754 g/mol. The van der Waals surface area contributed by atoms with Crippen LogP contribution in [0, 0.1) is 0 Å². The van der Waals surface area contributed by atoms with Crippen LogP contribution in [0.15, 0.2) is 78.9 Å². The molecule has 0 bridgehead atoms. The summed E-state index contributed by atoms with van der Waals surface area (Å²) in [4.78, 5) is 0. The highest BCUT2D eigenvalue weighted by atomic mass is 15.0. The molecule has 9 rings (SSSR count). The molecule has 0 aliphatic carbocycles. The first kappa shape index (κ1) is 42.4. The molecule has 0 fully saturated rings. The summed E-state index contributed by atoms with van der Waals surface area (Å²) in [6.45, 7) is 6.54. The maximum absolute atomic E-state index is 7.31. The fourth-order valence-corrected chi connectivity index (χ4v) is 8.98. The Morgan fingerprint density at radius 1 is 0.306 bits per heavy atom. The molecule has 0 amide bonds. The molecule has 28 radical (unpaired) electrons. The second-order valence-corrected chi connectivity index (χ2v) is 16.8. The number of nitrogens with zero attached hydrogens (tertiary/aromatic N) is 2. The summed E-state index contributed by atoms with van der Waals surface area (Å²) in [6.07, 6.45) is 0. The number of aromatic nitrogens is 2. The second kappa shape index (κ2) is 14.8. The van der Waals surface area contributed by atoms with Gasteiger partial charge in [0.25, 0.3) is 0 Å². The number of rotatable bonds is 4. The monoisotopic (exact) mass is 756 g/mol. The first-order valence-electron chi connectivity index (χ1n) is 19.7.